The number of carbonyl (C=O) groups is 3. The lowest BCUT2D eigenvalue weighted by molar-refractivity contribution is -0.150. The van der Waals surface area contributed by atoms with E-state index in [-0.39, 0.29) is 11.2 Å². The molecule has 1 amide bonds. The van der Waals surface area contributed by atoms with E-state index in [0.717, 1.165) is 30.7 Å². The van der Waals surface area contributed by atoms with Gasteiger partial charge in [-0.15, -0.1) is 5.10 Å². The van der Waals surface area contributed by atoms with Crippen molar-refractivity contribution >= 4 is 29.7 Å². The van der Waals surface area contributed by atoms with Crippen LogP contribution in [-0.2, 0) is 19.1 Å². The van der Waals surface area contributed by atoms with Crippen molar-refractivity contribution in [2.45, 2.75) is 24.3 Å². The number of aromatic nitrogens is 3. The molecule has 0 radical (unpaired) electrons. The first-order chi connectivity index (χ1) is 10.5. The smallest absolute Gasteiger partial charge is 0.346 e. The summed E-state index contributed by atoms with van der Waals surface area (Å²) in [6, 6.07) is -0.336. The highest BCUT2D eigenvalue weighted by Crippen LogP contribution is 2.21. The first-order valence-electron chi connectivity index (χ1n) is 6.51. The zero-order chi connectivity index (χ0) is 16.7. The second-order valence-electron chi connectivity index (χ2n) is 3.97. The van der Waals surface area contributed by atoms with Gasteiger partial charge < -0.3 is 14.4 Å². The van der Waals surface area contributed by atoms with Crippen LogP contribution in [0.4, 0.5) is 4.79 Å². The van der Waals surface area contributed by atoms with E-state index in [9.17, 15) is 14.4 Å². The average Bonchev–Trinajstić information content (AvgIpc) is 3.00. The third-order valence-corrected chi connectivity index (χ3v) is 3.77. The van der Waals surface area contributed by atoms with E-state index in [1.54, 1.807) is 4.90 Å². The van der Waals surface area contributed by atoms with Crippen LogP contribution in [0.5, 0.6) is 0 Å². The Morgan fingerprint density at radius 3 is 2.23 bits per heavy atom. The molecule has 0 N–H and O–H groups in total. The Morgan fingerprint density at radius 2 is 1.77 bits per heavy atom. The minimum Gasteiger partial charge on any atom is -0.468 e. The summed E-state index contributed by atoms with van der Waals surface area (Å²) in [5, 5.41) is 2.82. The van der Waals surface area contributed by atoms with Crippen molar-refractivity contribution in [3.8, 4) is 0 Å². The first kappa shape index (κ1) is 18.0. The maximum Gasteiger partial charge on any atom is 0.346 e. The van der Waals surface area contributed by atoms with E-state index in [2.05, 4.69) is 19.6 Å². The fourth-order valence-corrected chi connectivity index (χ4v) is 2.38. The quantitative estimate of drug-likeness (QED) is 0.419. The molecule has 0 bridgehead atoms. The fraction of sp³-hybridized carbons (Fsp3) is 0.583. The van der Waals surface area contributed by atoms with Gasteiger partial charge in [0.15, 0.2) is 0 Å². The van der Waals surface area contributed by atoms with Gasteiger partial charge in [0.2, 0.25) is 10.4 Å². The molecule has 10 heteroatoms. The average molecular weight is 330 g/mol. The van der Waals surface area contributed by atoms with Crippen LogP contribution in [0.2, 0.25) is 0 Å². The predicted molar refractivity (Wildman–Crippen MR) is 77.4 cm³/mol. The number of methoxy groups -OCH3 is 2. The van der Waals surface area contributed by atoms with Crippen LogP contribution in [0, 0.1) is 0 Å². The zero-order valence-electron chi connectivity index (χ0n) is 12.8. The van der Waals surface area contributed by atoms with Gasteiger partial charge in [-0.2, -0.15) is 4.68 Å². The van der Waals surface area contributed by atoms with E-state index in [4.69, 9.17) is 0 Å². The fourth-order valence-electron chi connectivity index (χ4n) is 1.55. The highest BCUT2D eigenvalue weighted by molar-refractivity contribution is 8.01. The third kappa shape index (κ3) is 4.20. The molecular weight excluding hydrogens is 312 g/mol. The molecule has 122 valence electrons. The molecule has 9 nitrogen and oxygen atoms in total. The van der Waals surface area contributed by atoms with Gasteiger partial charge in [-0.25, -0.2) is 9.78 Å². The molecule has 0 saturated carbocycles. The molecule has 0 aliphatic heterocycles. The largest absolute Gasteiger partial charge is 0.468 e. The zero-order valence-corrected chi connectivity index (χ0v) is 13.6. The Morgan fingerprint density at radius 1 is 1.23 bits per heavy atom. The number of amides is 1. The lowest BCUT2D eigenvalue weighted by Crippen LogP contribution is -2.34. The molecule has 0 aliphatic carbocycles. The van der Waals surface area contributed by atoms with E-state index in [1.165, 1.54) is 6.33 Å². The summed E-state index contributed by atoms with van der Waals surface area (Å²) in [7, 11) is 2.32. The van der Waals surface area contributed by atoms with Crippen LogP contribution in [0.15, 0.2) is 11.5 Å². The molecule has 0 aliphatic rings. The molecule has 1 rings (SSSR count). The van der Waals surface area contributed by atoms with Crippen LogP contribution in [0.3, 0.4) is 0 Å². The molecule has 0 saturated heterocycles. The number of thioether (sulfide) groups is 1. The predicted octanol–water partition coefficient (Wildman–Crippen LogP) is 0.395. The molecule has 0 spiro atoms. The standard InChI is InChI=1S/C12H18N4O5S/c1-5-15(6-2)12(19)16-7-13-11(14-16)22-8(9(17)20-3)10(18)21-4/h7-8H,5-6H2,1-4H3. The van der Waals surface area contributed by atoms with Crippen LogP contribution in [0.1, 0.15) is 13.8 Å². The lowest BCUT2D eigenvalue weighted by Gasteiger charge is -2.17. The van der Waals surface area contributed by atoms with Crippen LogP contribution in [-0.4, -0.2) is 70.2 Å². The molecule has 1 aromatic heterocycles. The van der Waals surface area contributed by atoms with Crippen molar-refractivity contribution in [1.29, 1.82) is 0 Å². The number of carbonyl (C=O) groups excluding carboxylic acids is 3. The number of hydrogen-bond donors (Lipinski definition) is 0. The lowest BCUT2D eigenvalue weighted by atomic mass is 10.4. The minimum absolute atomic E-state index is 0.0984. The number of esters is 2. The van der Waals surface area contributed by atoms with Crippen molar-refractivity contribution < 1.29 is 23.9 Å². The number of nitrogens with zero attached hydrogens (tertiary/aromatic N) is 4. The van der Waals surface area contributed by atoms with Gasteiger partial charge in [-0.05, 0) is 13.8 Å². The summed E-state index contributed by atoms with van der Waals surface area (Å²) in [4.78, 5) is 40.7. The summed E-state index contributed by atoms with van der Waals surface area (Å²) >= 11 is 0.756. The second-order valence-corrected chi connectivity index (χ2v) is 5.04. The Labute approximate surface area is 132 Å². The summed E-state index contributed by atoms with van der Waals surface area (Å²) in [6.45, 7) is 4.76. The SMILES string of the molecule is CCN(CC)C(=O)n1cnc(SC(C(=O)OC)C(=O)OC)n1. The van der Waals surface area contributed by atoms with E-state index in [1.807, 2.05) is 13.8 Å². The molecule has 0 unspecified atom stereocenters. The maximum absolute atomic E-state index is 12.1. The van der Waals surface area contributed by atoms with Crippen LogP contribution >= 0.6 is 11.8 Å². The normalized spacial score (nSPS) is 10.4. The number of ether oxygens (including phenoxy) is 2. The monoisotopic (exact) mass is 330 g/mol. The number of rotatable bonds is 6. The molecule has 0 atom stereocenters. The molecule has 0 fully saturated rings. The van der Waals surface area contributed by atoms with E-state index >= 15 is 0 Å². The van der Waals surface area contributed by atoms with E-state index in [0.29, 0.717) is 13.1 Å². The molecule has 1 aromatic rings. The van der Waals surface area contributed by atoms with Gasteiger partial charge >= 0.3 is 18.0 Å². The van der Waals surface area contributed by atoms with Crippen molar-refractivity contribution in [3.63, 3.8) is 0 Å². The van der Waals surface area contributed by atoms with Gasteiger partial charge in [-0.1, -0.05) is 11.8 Å². The van der Waals surface area contributed by atoms with Gasteiger partial charge in [0.1, 0.15) is 6.33 Å². The molecular formula is C12H18N4O5S. The number of hydrogen-bond acceptors (Lipinski definition) is 8. The van der Waals surface area contributed by atoms with Crippen molar-refractivity contribution in [2.75, 3.05) is 27.3 Å². The Balaban J connectivity index is 2.88. The van der Waals surface area contributed by atoms with Crippen molar-refractivity contribution in [2.24, 2.45) is 0 Å². The second kappa shape index (κ2) is 8.37. The molecule has 0 aromatic carbocycles. The first-order valence-corrected chi connectivity index (χ1v) is 7.39. The summed E-state index contributed by atoms with van der Waals surface area (Å²) in [6.07, 6.45) is 1.23. The summed E-state index contributed by atoms with van der Waals surface area (Å²) in [5.41, 5.74) is 0. The topological polar surface area (TPSA) is 104 Å². The molecule has 1 heterocycles. The van der Waals surface area contributed by atoms with Crippen molar-refractivity contribution in [3.05, 3.63) is 6.33 Å². The molecule has 22 heavy (non-hydrogen) atoms. The minimum atomic E-state index is -1.24. The summed E-state index contributed by atoms with van der Waals surface area (Å²) in [5.74, 6) is -1.55. The third-order valence-electron chi connectivity index (χ3n) is 2.75. The Hall–Kier alpha value is -2.10. The van der Waals surface area contributed by atoms with Gasteiger partial charge in [0.05, 0.1) is 14.2 Å². The van der Waals surface area contributed by atoms with E-state index < -0.39 is 17.2 Å². The highest BCUT2D eigenvalue weighted by Gasteiger charge is 2.31. The van der Waals surface area contributed by atoms with Gasteiger partial charge in [0, 0.05) is 13.1 Å². The van der Waals surface area contributed by atoms with Gasteiger partial charge in [0.25, 0.3) is 0 Å². The van der Waals surface area contributed by atoms with Crippen molar-refractivity contribution in [1.82, 2.24) is 19.7 Å². The van der Waals surface area contributed by atoms with Gasteiger partial charge in [-0.3, -0.25) is 9.59 Å². The Kier molecular flexibility index (Phi) is 6.83. The van der Waals surface area contributed by atoms with Crippen LogP contribution in [0.25, 0.3) is 0 Å². The highest BCUT2D eigenvalue weighted by atomic mass is 32.2. The maximum atomic E-state index is 12.1. The van der Waals surface area contributed by atoms with Crippen LogP contribution < -0.4 is 0 Å². The summed E-state index contributed by atoms with van der Waals surface area (Å²) < 4.78 is 10.1. The Bertz CT molecular complexity index is 527.